The van der Waals surface area contributed by atoms with Gasteiger partial charge in [0.2, 0.25) is 5.91 Å². The first-order valence-corrected chi connectivity index (χ1v) is 6.60. The van der Waals surface area contributed by atoms with Crippen molar-refractivity contribution in [1.82, 2.24) is 4.90 Å². The van der Waals surface area contributed by atoms with Crippen LogP contribution in [0.15, 0.2) is 24.3 Å². The highest BCUT2D eigenvalue weighted by molar-refractivity contribution is 6.17. The fourth-order valence-corrected chi connectivity index (χ4v) is 1.94. The molecule has 0 aromatic heterocycles. The van der Waals surface area contributed by atoms with Crippen LogP contribution in [0.4, 0.5) is 0 Å². The lowest BCUT2D eigenvalue weighted by molar-refractivity contribution is -0.130. The number of hydrogen-bond donors (Lipinski definition) is 0. The van der Waals surface area contributed by atoms with E-state index in [1.165, 1.54) is 5.56 Å². The van der Waals surface area contributed by atoms with Crippen LogP contribution in [0.1, 0.15) is 24.5 Å². The molecule has 17 heavy (non-hydrogen) atoms. The number of alkyl halides is 1. The van der Waals surface area contributed by atoms with Crippen LogP contribution in [0.3, 0.4) is 0 Å². The van der Waals surface area contributed by atoms with Crippen LogP contribution in [-0.2, 0) is 11.2 Å². The lowest BCUT2D eigenvalue weighted by Gasteiger charge is -2.20. The van der Waals surface area contributed by atoms with Crippen molar-refractivity contribution in [2.75, 3.05) is 19.0 Å². The van der Waals surface area contributed by atoms with Gasteiger partial charge in [0.05, 0.1) is 6.42 Å². The van der Waals surface area contributed by atoms with Gasteiger partial charge < -0.3 is 4.90 Å². The minimum Gasteiger partial charge on any atom is -0.343 e. The molecular formula is C14H20ClNO. The quantitative estimate of drug-likeness (QED) is 0.714. The van der Waals surface area contributed by atoms with Crippen LogP contribution in [0, 0.1) is 6.92 Å². The highest BCUT2D eigenvalue weighted by Gasteiger charge is 2.11. The lowest BCUT2D eigenvalue weighted by Crippen LogP contribution is -2.33. The molecule has 0 fully saturated rings. The summed E-state index contributed by atoms with van der Waals surface area (Å²) in [6.45, 7) is 5.55. The molecule has 0 radical (unpaired) electrons. The number of carbonyl (C=O) groups is 1. The normalized spacial score (nSPS) is 10.3. The van der Waals surface area contributed by atoms with Crippen LogP contribution in [-0.4, -0.2) is 29.8 Å². The molecular weight excluding hydrogens is 234 g/mol. The van der Waals surface area contributed by atoms with Gasteiger partial charge in [-0.15, -0.1) is 11.6 Å². The molecule has 0 aliphatic carbocycles. The Morgan fingerprint density at radius 2 is 2.18 bits per heavy atom. The molecule has 0 aliphatic rings. The largest absolute Gasteiger partial charge is 0.343 e. The zero-order valence-electron chi connectivity index (χ0n) is 10.6. The molecule has 0 bridgehead atoms. The number of carbonyl (C=O) groups excluding carboxylic acids is 1. The van der Waals surface area contributed by atoms with Gasteiger partial charge in [0, 0.05) is 19.0 Å². The molecule has 0 unspecified atom stereocenters. The zero-order chi connectivity index (χ0) is 12.7. The molecule has 1 rings (SSSR count). The number of rotatable bonds is 6. The first-order valence-electron chi connectivity index (χ1n) is 6.06. The van der Waals surface area contributed by atoms with Crippen LogP contribution in [0.2, 0.25) is 0 Å². The summed E-state index contributed by atoms with van der Waals surface area (Å²) in [5.74, 6) is 0.789. The van der Waals surface area contributed by atoms with Gasteiger partial charge in [-0.05, 0) is 25.8 Å². The number of halogens is 1. The van der Waals surface area contributed by atoms with Gasteiger partial charge in [0.1, 0.15) is 0 Å². The summed E-state index contributed by atoms with van der Waals surface area (Å²) < 4.78 is 0. The summed E-state index contributed by atoms with van der Waals surface area (Å²) in [5.41, 5.74) is 2.28. The maximum absolute atomic E-state index is 12.0. The van der Waals surface area contributed by atoms with Gasteiger partial charge in [0.15, 0.2) is 0 Å². The van der Waals surface area contributed by atoms with Crippen molar-refractivity contribution in [2.24, 2.45) is 0 Å². The average Bonchev–Trinajstić information content (AvgIpc) is 2.30. The van der Waals surface area contributed by atoms with Gasteiger partial charge in [-0.2, -0.15) is 0 Å². The summed E-state index contributed by atoms with van der Waals surface area (Å²) in [6, 6.07) is 8.10. The maximum Gasteiger partial charge on any atom is 0.226 e. The second-order valence-electron chi connectivity index (χ2n) is 4.18. The molecule has 0 heterocycles. The van der Waals surface area contributed by atoms with E-state index >= 15 is 0 Å². The van der Waals surface area contributed by atoms with Gasteiger partial charge in [0.25, 0.3) is 0 Å². The summed E-state index contributed by atoms with van der Waals surface area (Å²) in [4.78, 5) is 13.9. The summed E-state index contributed by atoms with van der Waals surface area (Å²) in [6.07, 6.45) is 1.34. The van der Waals surface area contributed by atoms with E-state index in [2.05, 4.69) is 6.07 Å². The molecule has 0 saturated heterocycles. The van der Waals surface area contributed by atoms with Crippen molar-refractivity contribution < 1.29 is 4.79 Å². The third kappa shape index (κ3) is 4.78. The van der Waals surface area contributed by atoms with Crippen molar-refractivity contribution in [3.8, 4) is 0 Å². The van der Waals surface area contributed by atoms with Crippen molar-refractivity contribution in [3.63, 3.8) is 0 Å². The second kappa shape index (κ2) is 7.33. The molecule has 1 aromatic rings. The molecule has 3 heteroatoms. The van der Waals surface area contributed by atoms with E-state index in [-0.39, 0.29) is 5.91 Å². The second-order valence-corrected chi connectivity index (χ2v) is 4.56. The fourth-order valence-electron chi connectivity index (χ4n) is 1.82. The van der Waals surface area contributed by atoms with E-state index in [1.807, 2.05) is 36.9 Å². The Hall–Kier alpha value is -1.02. The van der Waals surface area contributed by atoms with Gasteiger partial charge in [-0.25, -0.2) is 0 Å². The highest BCUT2D eigenvalue weighted by atomic mass is 35.5. The Labute approximate surface area is 109 Å². The first kappa shape index (κ1) is 14.0. The van der Waals surface area contributed by atoms with E-state index in [4.69, 9.17) is 11.6 Å². The molecule has 1 aromatic carbocycles. The van der Waals surface area contributed by atoms with Crippen molar-refractivity contribution in [2.45, 2.75) is 26.7 Å². The van der Waals surface area contributed by atoms with Crippen molar-refractivity contribution >= 4 is 17.5 Å². The number of nitrogens with zero attached hydrogens (tertiary/aromatic N) is 1. The topological polar surface area (TPSA) is 20.3 Å². The van der Waals surface area contributed by atoms with E-state index in [1.54, 1.807) is 0 Å². The standard InChI is InChI=1S/C14H20ClNO/c1-3-16(9-5-8-15)14(17)11-13-7-4-6-12(2)10-13/h4,6-7,10H,3,5,8-9,11H2,1-2H3. The van der Waals surface area contributed by atoms with Gasteiger partial charge in [-0.3, -0.25) is 4.79 Å². The first-order chi connectivity index (χ1) is 8.17. The molecule has 0 N–H and O–H groups in total. The Morgan fingerprint density at radius 3 is 2.76 bits per heavy atom. The number of amides is 1. The smallest absolute Gasteiger partial charge is 0.226 e. The van der Waals surface area contributed by atoms with Gasteiger partial charge in [-0.1, -0.05) is 29.8 Å². The van der Waals surface area contributed by atoms with Crippen LogP contribution >= 0.6 is 11.6 Å². The highest BCUT2D eigenvalue weighted by Crippen LogP contribution is 2.07. The van der Waals surface area contributed by atoms with E-state index in [0.29, 0.717) is 12.3 Å². The zero-order valence-corrected chi connectivity index (χ0v) is 11.3. The van der Waals surface area contributed by atoms with E-state index in [9.17, 15) is 4.79 Å². The average molecular weight is 254 g/mol. The van der Waals surface area contributed by atoms with Crippen molar-refractivity contribution in [1.29, 1.82) is 0 Å². The Balaban J connectivity index is 2.57. The number of benzene rings is 1. The minimum atomic E-state index is 0.184. The molecule has 94 valence electrons. The summed E-state index contributed by atoms with van der Waals surface area (Å²) >= 11 is 5.65. The minimum absolute atomic E-state index is 0.184. The van der Waals surface area contributed by atoms with E-state index < -0.39 is 0 Å². The Bertz CT molecular complexity index is 365. The predicted molar refractivity (Wildman–Crippen MR) is 72.5 cm³/mol. The van der Waals surface area contributed by atoms with E-state index in [0.717, 1.165) is 25.1 Å². The maximum atomic E-state index is 12.0. The SMILES string of the molecule is CCN(CCCCl)C(=O)Cc1cccc(C)c1. The van der Waals surface area contributed by atoms with Crippen LogP contribution in [0.5, 0.6) is 0 Å². The molecule has 0 atom stereocenters. The third-order valence-corrected chi connectivity index (χ3v) is 3.00. The fraction of sp³-hybridized carbons (Fsp3) is 0.500. The Kier molecular flexibility index (Phi) is 6.06. The number of likely N-dealkylation sites (N-methyl/N-ethyl adjacent to an activating group) is 1. The molecule has 0 aliphatic heterocycles. The third-order valence-electron chi connectivity index (χ3n) is 2.73. The lowest BCUT2D eigenvalue weighted by atomic mass is 10.1. The molecule has 0 saturated carbocycles. The van der Waals surface area contributed by atoms with Crippen molar-refractivity contribution in [3.05, 3.63) is 35.4 Å². The van der Waals surface area contributed by atoms with Gasteiger partial charge >= 0.3 is 0 Å². The number of hydrogen-bond acceptors (Lipinski definition) is 1. The Morgan fingerprint density at radius 1 is 1.41 bits per heavy atom. The van der Waals surface area contributed by atoms with Crippen LogP contribution in [0.25, 0.3) is 0 Å². The summed E-state index contributed by atoms with van der Waals surface area (Å²) in [7, 11) is 0. The monoisotopic (exact) mass is 253 g/mol. The van der Waals surface area contributed by atoms with Crippen LogP contribution < -0.4 is 0 Å². The summed E-state index contributed by atoms with van der Waals surface area (Å²) in [5, 5.41) is 0. The number of aryl methyl sites for hydroxylation is 1. The molecule has 0 spiro atoms. The predicted octanol–water partition coefficient (Wildman–Crippen LogP) is 3.01. The molecule has 1 amide bonds. The molecule has 2 nitrogen and oxygen atoms in total.